The van der Waals surface area contributed by atoms with Crippen LogP contribution in [0.2, 0.25) is 0 Å². The van der Waals surface area contributed by atoms with Gasteiger partial charge < -0.3 is 19.5 Å². The van der Waals surface area contributed by atoms with Gasteiger partial charge in [0.2, 0.25) is 0 Å². The summed E-state index contributed by atoms with van der Waals surface area (Å²) >= 11 is 0. The van der Waals surface area contributed by atoms with Crippen LogP contribution in [0.4, 0.5) is 19.0 Å². The maximum atomic E-state index is 13.2. The number of aryl methyl sites for hydroxylation is 1. The van der Waals surface area contributed by atoms with E-state index in [9.17, 15) is 13.2 Å². The van der Waals surface area contributed by atoms with E-state index in [0.29, 0.717) is 40.7 Å². The molecule has 10 heteroatoms. The Hall–Kier alpha value is -3.14. The van der Waals surface area contributed by atoms with Crippen molar-refractivity contribution >= 4 is 16.7 Å². The first kappa shape index (κ1) is 25.0. The third kappa shape index (κ3) is 5.27. The third-order valence-corrected chi connectivity index (χ3v) is 6.49. The summed E-state index contributed by atoms with van der Waals surface area (Å²) in [5, 5.41) is 3.87. The SMILES string of the molecule is COCC1(C(C)Oc2cc3c(N[C@H](C)c4cc(C(F)(F)F)ccn4)nc(C)nc3cc2OC)CC1. The second-order valence-electron chi connectivity index (χ2n) is 9.03. The van der Waals surface area contributed by atoms with Crippen LogP contribution in [0.25, 0.3) is 10.9 Å². The number of rotatable bonds is 9. The Bertz CT molecular complexity index is 1210. The number of nitrogens with zero attached hydrogens (tertiary/aromatic N) is 3. The Morgan fingerprint density at radius 1 is 1.09 bits per heavy atom. The average molecular weight is 491 g/mol. The first-order valence-electron chi connectivity index (χ1n) is 11.4. The molecule has 2 heterocycles. The van der Waals surface area contributed by atoms with Gasteiger partial charge in [-0.15, -0.1) is 0 Å². The monoisotopic (exact) mass is 490 g/mol. The first-order chi connectivity index (χ1) is 16.6. The highest BCUT2D eigenvalue weighted by Crippen LogP contribution is 2.51. The summed E-state index contributed by atoms with van der Waals surface area (Å²) in [4.78, 5) is 13.2. The van der Waals surface area contributed by atoms with Gasteiger partial charge in [0.15, 0.2) is 11.5 Å². The van der Waals surface area contributed by atoms with Crippen LogP contribution >= 0.6 is 0 Å². The highest BCUT2D eigenvalue weighted by molar-refractivity contribution is 5.92. The van der Waals surface area contributed by atoms with Gasteiger partial charge >= 0.3 is 6.18 Å². The molecule has 35 heavy (non-hydrogen) atoms. The van der Waals surface area contributed by atoms with Gasteiger partial charge in [0, 0.05) is 30.2 Å². The van der Waals surface area contributed by atoms with Crippen molar-refractivity contribution < 1.29 is 27.4 Å². The lowest BCUT2D eigenvalue weighted by Crippen LogP contribution is -2.29. The molecule has 1 unspecified atom stereocenters. The van der Waals surface area contributed by atoms with Crippen molar-refractivity contribution in [2.45, 2.75) is 51.9 Å². The van der Waals surface area contributed by atoms with Crippen molar-refractivity contribution in [3.8, 4) is 11.5 Å². The second kappa shape index (κ2) is 9.49. The Kier molecular flexibility index (Phi) is 6.77. The van der Waals surface area contributed by atoms with Crippen molar-refractivity contribution in [3.63, 3.8) is 0 Å². The van der Waals surface area contributed by atoms with E-state index in [2.05, 4.69) is 20.3 Å². The molecule has 7 nitrogen and oxygen atoms in total. The smallest absolute Gasteiger partial charge is 0.416 e. The zero-order chi connectivity index (χ0) is 25.4. The van der Waals surface area contributed by atoms with Crippen molar-refractivity contribution in [3.05, 3.63) is 47.5 Å². The number of pyridine rings is 1. The molecule has 1 aliphatic rings. The predicted octanol–water partition coefficient (Wildman–Crippen LogP) is 5.73. The fraction of sp³-hybridized carbons (Fsp3) is 0.480. The van der Waals surface area contributed by atoms with Gasteiger partial charge in [0.25, 0.3) is 0 Å². The lowest BCUT2D eigenvalue weighted by atomic mass is 10.0. The summed E-state index contributed by atoms with van der Waals surface area (Å²) in [7, 11) is 3.25. The number of halogens is 3. The van der Waals surface area contributed by atoms with E-state index in [-0.39, 0.29) is 17.2 Å². The lowest BCUT2D eigenvalue weighted by Gasteiger charge is -2.25. The number of anilines is 1. The van der Waals surface area contributed by atoms with Crippen LogP contribution in [0.15, 0.2) is 30.5 Å². The van der Waals surface area contributed by atoms with E-state index in [1.807, 2.05) is 13.0 Å². The fourth-order valence-corrected chi connectivity index (χ4v) is 4.19. The molecule has 4 rings (SSSR count). The molecule has 1 saturated carbocycles. The van der Waals surface area contributed by atoms with Crippen molar-refractivity contribution in [1.29, 1.82) is 0 Å². The van der Waals surface area contributed by atoms with Crippen LogP contribution in [0.5, 0.6) is 11.5 Å². The number of methoxy groups -OCH3 is 2. The van der Waals surface area contributed by atoms with Gasteiger partial charge in [0.1, 0.15) is 17.7 Å². The minimum Gasteiger partial charge on any atom is -0.493 e. The van der Waals surface area contributed by atoms with Gasteiger partial charge in [-0.2, -0.15) is 13.2 Å². The van der Waals surface area contributed by atoms with Gasteiger partial charge in [-0.05, 0) is 51.8 Å². The molecule has 0 aliphatic heterocycles. The maximum absolute atomic E-state index is 13.2. The maximum Gasteiger partial charge on any atom is 0.416 e. The summed E-state index contributed by atoms with van der Waals surface area (Å²) in [6.45, 7) is 6.11. The van der Waals surface area contributed by atoms with E-state index in [0.717, 1.165) is 31.2 Å². The summed E-state index contributed by atoms with van der Waals surface area (Å²) in [6, 6.07) is 5.03. The molecule has 3 aromatic rings. The first-order valence-corrected chi connectivity index (χ1v) is 11.4. The largest absolute Gasteiger partial charge is 0.493 e. The zero-order valence-corrected chi connectivity index (χ0v) is 20.4. The average Bonchev–Trinajstić information content (AvgIpc) is 3.59. The zero-order valence-electron chi connectivity index (χ0n) is 20.4. The Morgan fingerprint density at radius 2 is 1.83 bits per heavy atom. The Labute approximate surface area is 202 Å². The summed E-state index contributed by atoms with van der Waals surface area (Å²) in [6.07, 6.45) is -1.35. The molecule has 1 aromatic carbocycles. The summed E-state index contributed by atoms with van der Waals surface area (Å²) in [5.74, 6) is 2.05. The minimum absolute atomic E-state index is 0.0245. The number of ether oxygens (including phenoxy) is 3. The van der Waals surface area contributed by atoms with E-state index >= 15 is 0 Å². The van der Waals surface area contributed by atoms with Crippen molar-refractivity contribution in [2.75, 3.05) is 26.1 Å². The van der Waals surface area contributed by atoms with Gasteiger partial charge in [-0.3, -0.25) is 4.98 Å². The molecule has 0 amide bonds. The summed E-state index contributed by atoms with van der Waals surface area (Å²) < 4.78 is 56.8. The number of fused-ring (bicyclic) bond motifs is 1. The molecular formula is C25H29F3N4O3. The second-order valence-corrected chi connectivity index (χ2v) is 9.03. The number of nitrogens with one attached hydrogen (secondary N) is 1. The molecule has 2 atom stereocenters. The highest BCUT2D eigenvalue weighted by Gasteiger charge is 2.49. The van der Waals surface area contributed by atoms with E-state index in [4.69, 9.17) is 14.2 Å². The molecule has 0 radical (unpaired) electrons. The lowest BCUT2D eigenvalue weighted by molar-refractivity contribution is -0.137. The topological polar surface area (TPSA) is 78.4 Å². The molecule has 1 fully saturated rings. The number of aromatic nitrogens is 3. The van der Waals surface area contributed by atoms with Gasteiger partial charge in [0.05, 0.1) is 36.5 Å². The molecule has 0 spiro atoms. The fourth-order valence-electron chi connectivity index (χ4n) is 4.19. The van der Waals surface area contributed by atoms with Crippen molar-refractivity contribution in [1.82, 2.24) is 15.0 Å². The minimum atomic E-state index is -4.45. The molecule has 0 bridgehead atoms. The van der Waals surface area contributed by atoms with Gasteiger partial charge in [-0.25, -0.2) is 9.97 Å². The molecule has 0 saturated heterocycles. The highest BCUT2D eigenvalue weighted by atomic mass is 19.4. The Balaban J connectivity index is 1.68. The molecule has 1 aliphatic carbocycles. The number of benzene rings is 1. The van der Waals surface area contributed by atoms with Crippen LogP contribution in [0.1, 0.15) is 49.8 Å². The van der Waals surface area contributed by atoms with Gasteiger partial charge in [-0.1, -0.05) is 0 Å². The van der Waals surface area contributed by atoms with Crippen LogP contribution in [0.3, 0.4) is 0 Å². The Morgan fingerprint density at radius 3 is 2.46 bits per heavy atom. The van der Waals surface area contributed by atoms with Crippen LogP contribution in [0, 0.1) is 12.3 Å². The predicted molar refractivity (Wildman–Crippen MR) is 126 cm³/mol. The number of hydrogen-bond acceptors (Lipinski definition) is 7. The van der Waals surface area contributed by atoms with E-state index in [1.165, 1.54) is 0 Å². The molecule has 1 N–H and O–H groups in total. The van der Waals surface area contributed by atoms with E-state index in [1.54, 1.807) is 34.1 Å². The number of hydrogen-bond donors (Lipinski definition) is 1. The quantitative estimate of drug-likeness (QED) is 0.411. The van der Waals surface area contributed by atoms with Crippen LogP contribution in [-0.2, 0) is 10.9 Å². The summed E-state index contributed by atoms with van der Waals surface area (Å²) in [5.41, 5.74) is 0.0972. The standard InChI is InChI=1S/C25H29F3N4O3/c1-14(19-10-17(6-9-29-19)25(26,27)28)30-23-18-11-22(35-15(2)24(7-8-24)13-33-4)21(34-5)12-20(18)31-16(3)32-23/h6,9-12,14-15H,7-8,13H2,1-5H3,(H,30,31,32)/t14-,15?/m1/s1. The molecule has 2 aromatic heterocycles. The normalized spacial score (nSPS) is 16.6. The van der Waals surface area contributed by atoms with Crippen LogP contribution in [-0.4, -0.2) is 41.9 Å². The number of alkyl halides is 3. The van der Waals surface area contributed by atoms with Crippen LogP contribution < -0.4 is 14.8 Å². The van der Waals surface area contributed by atoms with E-state index < -0.39 is 17.8 Å². The van der Waals surface area contributed by atoms with Crippen molar-refractivity contribution in [2.24, 2.45) is 5.41 Å². The third-order valence-electron chi connectivity index (χ3n) is 6.49. The molecular weight excluding hydrogens is 461 g/mol. The molecule has 188 valence electrons.